The van der Waals surface area contributed by atoms with Gasteiger partial charge in [0.05, 0.1) is 31.2 Å². The number of rotatable bonds is 6. The van der Waals surface area contributed by atoms with Gasteiger partial charge in [0.25, 0.3) is 0 Å². The molecule has 0 saturated heterocycles. The van der Waals surface area contributed by atoms with Gasteiger partial charge in [-0.15, -0.1) is 0 Å². The van der Waals surface area contributed by atoms with E-state index < -0.39 is 0 Å². The predicted octanol–water partition coefficient (Wildman–Crippen LogP) is 3.58. The van der Waals surface area contributed by atoms with Crippen LogP contribution in [0.4, 0.5) is 5.69 Å². The molecule has 29 heavy (non-hydrogen) atoms. The summed E-state index contributed by atoms with van der Waals surface area (Å²) in [4.78, 5) is 20.3. The summed E-state index contributed by atoms with van der Waals surface area (Å²) in [6.45, 7) is 1.40. The summed E-state index contributed by atoms with van der Waals surface area (Å²) in [5.74, 6) is 1.72. The van der Waals surface area contributed by atoms with Crippen LogP contribution in [0.25, 0.3) is 11.3 Å². The van der Waals surface area contributed by atoms with E-state index in [0.717, 1.165) is 11.1 Å². The molecule has 0 unspecified atom stereocenters. The van der Waals surface area contributed by atoms with Gasteiger partial charge in [0.2, 0.25) is 5.91 Å². The topological polar surface area (TPSA) is 97.1 Å². The molecule has 0 radical (unpaired) electrons. The van der Waals surface area contributed by atoms with Crippen molar-refractivity contribution in [2.75, 3.05) is 19.5 Å². The van der Waals surface area contributed by atoms with Gasteiger partial charge in [0, 0.05) is 25.1 Å². The van der Waals surface area contributed by atoms with Crippen LogP contribution in [-0.4, -0.2) is 30.1 Å². The summed E-state index contributed by atoms with van der Waals surface area (Å²) < 4.78 is 10.6. The number of hydrogen-bond acceptors (Lipinski definition) is 6. The Kier molecular flexibility index (Phi) is 6.05. The molecule has 1 heterocycles. The Morgan fingerprint density at radius 3 is 2.59 bits per heavy atom. The first kappa shape index (κ1) is 19.8. The number of hydrogen-bond donors (Lipinski definition) is 1. The Bertz CT molecular complexity index is 1090. The zero-order valence-corrected chi connectivity index (χ0v) is 16.4. The number of carbonyl (C=O) groups excluding carboxylic acids is 1. The molecule has 2 aromatic carbocycles. The maximum atomic E-state index is 11.3. The molecule has 7 nitrogen and oxygen atoms in total. The highest BCUT2D eigenvalue weighted by Gasteiger charge is 2.10. The van der Waals surface area contributed by atoms with Crippen molar-refractivity contribution in [2.24, 2.45) is 0 Å². The lowest BCUT2D eigenvalue weighted by molar-refractivity contribution is -0.114. The second-order valence-electron chi connectivity index (χ2n) is 6.28. The fourth-order valence-electron chi connectivity index (χ4n) is 2.91. The fraction of sp³-hybridized carbons (Fsp3) is 0.182. The van der Waals surface area contributed by atoms with Crippen molar-refractivity contribution < 1.29 is 14.3 Å². The third kappa shape index (κ3) is 4.68. The average Bonchev–Trinajstić information content (AvgIpc) is 2.73. The van der Waals surface area contributed by atoms with Gasteiger partial charge in [-0.25, -0.2) is 9.97 Å². The lowest BCUT2D eigenvalue weighted by atomic mass is 10.1. The molecular weight excluding hydrogens is 368 g/mol. The molecule has 146 valence electrons. The third-order valence-corrected chi connectivity index (χ3v) is 4.26. The number of amides is 1. The van der Waals surface area contributed by atoms with E-state index in [1.807, 2.05) is 24.3 Å². The highest BCUT2D eigenvalue weighted by molar-refractivity contribution is 5.90. The number of aromatic nitrogens is 2. The Labute approximate surface area is 169 Å². The summed E-state index contributed by atoms with van der Waals surface area (Å²) in [5, 5.41) is 12.0. The largest absolute Gasteiger partial charge is 0.493 e. The van der Waals surface area contributed by atoms with Crippen molar-refractivity contribution in [1.82, 2.24) is 9.97 Å². The molecule has 0 aliphatic carbocycles. The number of ether oxygens (including phenoxy) is 2. The number of methoxy groups -OCH3 is 2. The molecule has 3 aromatic rings. The number of anilines is 1. The highest BCUT2D eigenvalue weighted by atomic mass is 16.5. The van der Waals surface area contributed by atoms with Gasteiger partial charge in [0.15, 0.2) is 11.5 Å². The maximum absolute atomic E-state index is 11.3. The van der Waals surface area contributed by atoms with E-state index in [-0.39, 0.29) is 5.91 Å². The van der Waals surface area contributed by atoms with Gasteiger partial charge >= 0.3 is 0 Å². The summed E-state index contributed by atoms with van der Waals surface area (Å²) in [5.41, 5.74) is 3.30. The average molecular weight is 388 g/mol. The minimum atomic E-state index is -0.228. The molecule has 0 aliphatic heterocycles. The van der Waals surface area contributed by atoms with Crippen molar-refractivity contribution in [3.05, 3.63) is 65.6 Å². The first-order valence-corrected chi connectivity index (χ1v) is 8.89. The van der Waals surface area contributed by atoms with E-state index in [2.05, 4.69) is 21.4 Å². The number of nitrogens with one attached hydrogen (secondary N) is 1. The first-order valence-electron chi connectivity index (χ1n) is 8.89. The standard InChI is InChI=1S/C22H20N4O3/c1-14(27)25-18-6-5-16(12-17(18)13-23)19-8-9-24-22(26-19)11-15-4-7-20(28-2)21(10-15)29-3/h4-10,12H,11H2,1-3H3,(H,25,27). The SMILES string of the molecule is COc1ccc(Cc2nccc(-c3ccc(NC(C)=O)c(C#N)c3)n2)cc1OC. The second-order valence-corrected chi connectivity index (χ2v) is 6.28. The quantitative estimate of drug-likeness (QED) is 0.693. The Hall–Kier alpha value is -3.92. The van der Waals surface area contributed by atoms with Crippen LogP contribution in [-0.2, 0) is 11.2 Å². The van der Waals surface area contributed by atoms with Gasteiger partial charge < -0.3 is 14.8 Å². The molecule has 1 amide bonds. The van der Waals surface area contributed by atoms with Crippen molar-refractivity contribution >= 4 is 11.6 Å². The number of nitriles is 1. The normalized spacial score (nSPS) is 10.1. The summed E-state index contributed by atoms with van der Waals surface area (Å²) >= 11 is 0. The van der Waals surface area contributed by atoms with Gasteiger partial charge in [-0.05, 0) is 35.9 Å². The van der Waals surface area contributed by atoms with Crippen molar-refractivity contribution in [1.29, 1.82) is 5.26 Å². The Balaban J connectivity index is 1.88. The van der Waals surface area contributed by atoms with Gasteiger partial charge in [-0.2, -0.15) is 5.26 Å². The van der Waals surface area contributed by atoms with E-state index in [4.69, 9.17) is 9.47 Å². The van der Waals surface area contributed by atoms with Crippen LogP contribution in [0.3, 0.4) is 0 Å². The zero-order chi connectivity index (χ0) is 20.8. The zero-order valence-electron chi connectivity index (χ0n) is 16.4. The molecule has 1 aromatic heterocycles. The van der Waals surface area contributed by atoms with Crippen molar-refractivity contribution in [2.45, 2.75) is 13.3 Å². The lowest BCUT2D eigenvalue weighted by Gasteiger charge is -2.10. The minimum Gasteiger partial charge on any atom is -0.493 e. The van der Waals surface area contributed by atoms with Crippen LogP contribution in [0.5, 0.6) is 11.5 Å². The predicted molar refractivity (Wildman–Crippen MR) is 109 cm³/mol. The molecule has 7 heteroatoms. The minimum absolute atomic E-state index is 0.228. The fourth-order valence-corrected chi connectivity index (χ4v) is 2.91. The maximum Gasteiger partial charge on any atom is 0.221 e. The van der Waals surface area contributed by atoms with E-state index in [1.165, 1.54) is 6.92 Å². The summed E-state index contributed by atoms with van der Waals surface area (Å²) in [7, 11) is 3.19. The van der Waals surface area contributed by atoms with Gasteiger partial charge in [-0.3, -0.25) is 4.79 Å². The van der Waals surface area contributed by atoms with Crippen LogP contribution >= 0.6 is 0 Å². The number of benzene rings is 2. The molecule has 0 atom stereocenters. The van der Waals surface area contributed by atoms with E-state index >= 15 is 0 Å². The Morgan fingerprint density at radius 1 is 1.10 bits per heavy atom. The molecule has 0 spiro atoms. The summed E-state index contributed by atoms with van der Waals surface area (Å²) in [6, 6.07) is 14.8. The molecule has 1 N–H and O–H groups in total. The monoisotopic (exact) mass is 388 g/mol. The number of nitrogens with zero attached hydrogens (tertiary/aromatic N) is 3. The number of carbonyl (C=O) groups is 1. The highest BCUT2D eigenvalue weighted by Crippen LogP contribution is 2.28. The smallest absolute Gasteiger partial charge is 0.221 e. The molecular formula is C22H20N4O3. The van der Waals surface area contributed by atoms with Crippen LogP contribution in [0.2, 0.25) is 0 Å². The Morgan fingerprint density at radius 2 is 1.90 bits per heavy atom. The molecule has 3 rings (SSSR count). The van der Waals surface area contributed by atoms with Crippen LogP contribution in [0.1, 0.15) is 23.9 Å². The molecule has 0 bridgehead atoms. The molecule has 0 aliphatic rings. The van der Waals surface area contributed by atoms with Gasteiger partial charge in [-0.1, -0.05) is 12.1 Å². The molecule has 0 fully saturated rings. The van der Waals surface area contributed by atoms with Crippen molar-refractivity contribution in [3.63, 3.8) is 0 Å². The van der Waals surface area contributed by atoms with E-state index in [0.29, 0.717) is 40.7 Å². The van der Waals surface area contributed by atoms with Crippen LogP contribution in [0, 0.1) is 11.3 Å². The third-order valence-electron chi connectivity index (χ3n) is 4.26. The second kappa shape index (κ2) is 8.85. The molecule has 0 saturated carbocycles. The van der Waals surface area contributed by atoms with Crippen LogP contribution in [0.15, 0.2) is 48.7 Å². The van der Waals surface area contributed by atoms with Crippen molar-refractivity contribution in [3.8, 4) is 28.8 Å². The van der Waals surface area contributed by atoms with E-state index in [1.54, 1.807) is 38.6 Å². The van der Waals surface area contributed by atoms with Crippen LogP contribution < -0.4 is 14.8 Å². The van der Waals surface area contributed by atoms with E-state index in [9.17, 15) is 10.1 Å². The first-order chi connectivity index (χ1) is 14.0. The lowest BCUT2D eigenvalue weighted by Crippen LogP contribution is -2.07. The summed E-state index contributed by atoms with van der Waals surface area (Å²) in [6.07, 6.45) is 2.20. The van der Waals surface area contributed by atoms with Gasteiger partial charge in [0.1, 0.15) is 11.9 Å².